The highest BCUT2D eigenvalue weighted by atomic mass is 32.2. The van der Waals surface area contributed by atoms with Gasteiger partial charge in [-0.05, 0) is 58.1 Å². The molecule has 0 unspecified atom stereocenters. The van der Waals surface area contributed by atoms with E-state index in [4.69, 9.17) is 0 Å². The molecule has 210 valence electrons. The van der Waals surface area contributed by atoms with E-state index in [1.165, 1.54) is 39.7 Å². The minimum absolute atomic E-state index is 0.00531. The lowest BCUT2D eigenvalue weighted by Crippen LogP contribution is -2.28. The van der Waals surface area contributed by atoms with Crippen LogP contribution in [0, 0.1) is 0 Å². The Kier molecular flexibility index (Phi) is 8.80. The number of hydrogen-bond donors (Lipinski definition) is 1. The van der Waals surface area contributed by atoms with E-state index in [0.29, 0.717) is 29.0 Å². The van der Waals surface area contributed by atoms with Gasteiger partial charge in [-0.3, -0.25) is 4.55 Å². The van der Waals surface area contributed by atoms with Gasteiger partial charge in [0.2, 0.25) is 0 Å². The average molecular weight is 567 g/mol. The molecular formula is C32H43N2O3PS. The summed E-state index contributed by atoms with van der Waals surface area (Å²) in [4.78, 5) is -0.00531. The first-order chi connectivity index (χ1) is 18.3. The molecule has 0 aromatic heterocycles. The minimum Gasteiger partial charge on any atom is -0.328 e. The fraction of sp³-hybridized carbons (Fsp3) is 0.438. The van der Waals surface area contributed by atoms with Gasteiger partial charge in [0.1, 0.15) is 13.1 Å². The van der Waals surface area contributed by atoms with Crippen LogP contribution >= 0.6 is 8.22 Å². The van der Waals surface area contributed by atoms with Gasteiger partial charge < -0.3 is 9.34 Å². The van der Waals surface area contributed by atoms with E-state index in [1.807, 2.05) is 12.1 Å². The second kappa shape index (κ2) is 11.6. The van der Waals surface area contributed by atoms with E-state index in [2.05, 4.69) is 101 Å². The van der Waals surface area contributed by atoms with Crippen LogP contribution in [0.15, 0.2) is 65.6 Å². The van der Waals surface area contributed by atoms with Crippen molar-refractivity contribution in [2.24, 2.45) is 0 Å². The summed E-state index contributed by atoms with van der Waals surface area (Å²) in [5, 5.41) is 0.661. The van der Waals surface area contributed by atoms with Crippen molar-refractivity contribution in [3.63, 3.8) is 0 Å². The number of rotatable bonds is 8. The van der Waals surface area contributed by atoms with Crippen LogP contribution < -0.4 is 14.6 Å². The molecule has 1 aliphatic rings. The molecule has 1 fully saturated rings. The van der Waals surface area contributed by atoms with E-state index < -0.39 is 18.3 Å². The van der Waals surface area contributed by atoms with E-state index in [1.54, 1.807) is 6.07 Å². The molecule has 0 radical (unpaired) electrons. The van der Waals surface area contributed by atoms with Gasteiger partial charge >= 0.3 is 0 Å². The summed E-state index contributed by atoms with van der Waals surface area (Å²) in [6.07, 6.45) is 0. The van der Waals surface area contributed by atoms with Crippen LogP contribution in [0.4, 0.5) is 11.4 Å². The van der Waals surface area contributed by atoms with E-state index in [0.717, 1.165) is 13.1 Å². The summed E-state index contributed by atoms with van der Waals surface area (Å²) in [6.45, 7) is 19.3. The maximum Gasteiger partial charge on any atom is 0.295 e. The molecule has 0 bridgehead atoms. The third-order valence-corrected chi connectivity index (χ3v) is 11.1. The highest BCUT2D eigenvalue weighted by Crippen LogP contribution is 2.58. The van der Waals surface area contributed by atoms with E-state index >= 15 is 0 Å². The Morgan fingerprint density at radius 3 is 1.31 bits per heavy atom. The molecule has 0 spiro atoms. The molecule has 1 heterocycles. The van der Waals surface area contributed by atoms with E-state index in [9.17, 15) is 13.0 Å². The minimum atomic E-state index is -4.43. The second-order valence-corrected chi connectivity index (χ2v) is 15.1. The summed E-state index contributed by atoms with van der Waals surface area (Å²) in [6, 6.07) is 20.1. The van der Waals surface area contributed by atoms with Gasteiger partial charge in [-0.1, -0.05) is 104 Å². The van der Waals surface area contributed by atoms with Crippen molar-refractivity contribution in [3.8, 4) is 0 Å². The molecule has 1 N–H and O–H groups in total. The maximum atomic E-state index is 12.7. The molecule has 0 saturated carbocycles. The van der Waals surface area contributed by atoms with Crippen molar-refractivity contribution < 1.29 is 13.0 Å². The van der Waals surface area contributed by atoms with Crippen molar-refractivity contribution in [1.29, 1.82) is 0 Å². The molecule has 0 atom stereocenters. The van der Waals surface area contributed by atoms with Gasteiger partial charge in [-0.25, -0.2) is 0 Å². The zero-order valence-electron chi connectivity index (χ0n) is 24.5. The predicted molar refractivity (Wildman–Crippen MR) is 167 cm³/mol. The van der Waals surface area contributed by atoms with Crippen LogP contribution in [0.1, 0.15) is 101 Å². The monoisotopic (exact) mass is 566 g/mol. The molecule has 7 heteroatoms. The van der Waals surface area contributed by atoms with Crippen molar-refractivity contribution >= 4 is 35.0 Å². The van der Waals surface area contributed by atoms with Gasteiger partial charge in [0.25, 0.3) is 10.1 Å². The van der Waals surface area contributed by atoms with Crippen molar-refractivity contribution in [3.05, 3.63) is 82.9 Å². The summed E-state index contributed by atoms with van der Waals surface area (Å²) in [5.74, 6) is 1.21. The van der Waals surface area contributed by atoms with Crippen molar-refractivity contribution in [2.45, 2.75) is 84.0 Å². The first-order valence-corrected chi connectivity index (χ1v) is 16.7. The lowest BCUT2D eigenvalue weighted by Gasteiger charge is -2.38. The Morgan fingerprint density at radius 1 is 0.615 bits per heavy atom. The van der Waals surface area contributed by atoms with Gasteiger partial charge in [-0.2, -0.15) is 8.42 Å². The Balaban J connectivity index is 2.08. The number of anilines is 2. The lowest BCUT2D eigenvalue weighted by atomic mass is 9.92. The van der Waals surface area contributed by atoms with E-state index in [-0.39, 0.29) is 4.90 Å². The highest BCUT2D eigenvalue weighted by molar-refractivity contribution is 7.87. The fourth-order valence-corrected chi connectivity index (χ4v) is 9.49. The quantitative estimate of drug-likeness (QED) is 0.219. The van der Waals surface area contributed by atoms with Crippen LogP contribution in [0.5, 0.6) is 0 Å². The molecule has 3 aromatic rings. The normalized spacial score (nSPS) is 15.0. The van der Waals surface area contributed by atoms with Crippen LogP contribution in [-0.4, -0.2) is 26.1 Å². The van der Waals surface area contributed by atoms with Gasteiger partial charge in [0.15, 0.2) is 0 Å². The first kappa shape index (κ1) is 29.6. The SMILES string of the molecule is CC(C)c1cccc(C(C)C)c1N1CCN(c2c(C(C)C)cccc2C(C)C)P1c1ccccc1S(=O)(=O)O. The van der Waals surface area contributed by atoms with Crippen LogP contribution in [-0.2, 0) is 10.1 Å². The van der Waals surface area contributed by atoms with Crippen LogP contribution in [0.25, 0.3) is 0 Å². The third-order valence-electron chi connectivity index (χ3n) is 7.54. The van der Waals surface area contributed by atoms with Crippen molar-refractivity contribution in [1.82, 2.24) is 0 Å². The number of hydrogen-bond acceptors (Lipinski definition) is 4. The Morgan fingerprint density at radius 2 is 0.974 bits per heavy atom. The molecule has 1 saturated heterocycles. The van der Waals surface area contributed by atoms with Crippen molar-refractivity contribution in [2.75, 3.05) is 22.4 Å². The smallest absolute Gasteiger partial charge is 0.295 e. The molecule has 4 rings (SSSR count). The maximum absolute atomic E-state index is 12.7. The number of benzene rings is 3. The Labute approximate surface area is 236 Å². The third kappa shape index (κ3) is 5.75. The summed E-state index contributed by atoms with van der Waals surface area (Å²) < 4.78 is 40.7. The number of para-hydroxylation sites is 2. The molecular weight excluding hydrogens is 523 g/mol. The lowest BCUT2D eigenvalue weighted by molar-refractivity contribution is 0.484. The molecule has 3 aromatic carbocycles. The standard InChI is InChI=1S/C32H43N2O3PS/c1-21(2)25-13-11-14-26(22(3)4)31(25)33-19-20-34(32-27(23(5)6)15-12-16-28(32)24(7)8)38(33)29-17-9-10-18-30(29)39(35,36)37/h9-18,21-24H,19-20H2,1-8H3,(H,35,36,37). The van der Waals surface area contributed by atoms with Gasteiger partial charge in [-0.15, -0.1) is 0 Å². The second-order valence-electron chi connectivity index (χ2n) is 11.7. The molecule has 39 heavy (non-hydrogen) atoms. The summed E-state index contributed by atoms with van der Waals surface area (Å²) in [7, 11) is -5.77. The first-order valence-electron chi connectivity index (χ1n) is 14.0. The van der Waals surface area contributed by atoms with Gasteiger partial charge in [0, 0.05) is 29.8 Å². The molecule has 1 aliphatic heterocycles. The molecule has 5 nitrogen and oxygen atoms in total. The summed E-state index contributed by atoms with van der Waals surface area (Å²) in [5.41, 5.74) is 7.47. The molecule has 0 amide bonds. The zero-order valence-corrected chi connectivity index (χ0v) is 26.2. The Bertz CT molecular complexity index is 1310. The number of nitrogens with zero attached hydrogens (tertiary/aromatic N) is 2. The predicted octanol–water partition coefficient (Wildman–Crippen LogP) is 8.39. The Hall–Kier alpha value is -2.40. The zero-order chi connectivity index (χ0) is 28.6. The van der Waals surface area contributed by atoms with Gasteiger partial charge in [0.05, 0.1) is 0 Å². The van der Waals surface area contributed by atoms with Crippen LogP contribution in [0.2, 0.25) is 0 Å². The van der Waals surface area contributed by atoms with Crippen LogP contribution in [0.3, 0.4) is 0 Å². The molecule has 0 aliphatic carbocycles. The topological polar surface area (TPSA) is 60.9 Å². The summed E-state index contributed by atoms with van der Waals surface area (Å²) >= 11 is 0. The average Bonchev–Trinajstić information content (AvgIpc) is 3.31. The fourth-order valence-electron chi connectivity index (χ4n) is 5.64. The highest BCUT2D eigenvalue weighted by Gasteiger charge is 2.41. The largest absolute Gasteiger partial charge is 0.328 e.